The molecule has 20 heavy (non-hydrogen) atoms. The topological polar surface area (TPSA) is 24.7 Å². The van der Waals surface area contributed by atoms with Crippen LogP contribution in [0.2, 0.25) is 0 Å². The molecule has 1 unspecified atom stereocenters. The Hall–Kier alpha value is -2.48. The Morgan fingerprint density at radius 1 is 0.850 bits per heavy atom. The molecule has 2 aliphatic rings. The molecule has 2 bridgehead atoms. The fourth-order valence-electron chi connectivity index (χ4n) is 2.97. The minimum atomic E-state index is 0.159. The predicted molar refractivity (Wildman–Crippen MR) is 84.2 cm³/mol. The Morgan fingerprint density at radius 2 is 1.60 bits per heavy atom. The van der Waals surface area contributed by atoms with E-state index in [0.717, 1.165) is 6.42 Å². The third-order valence-electron chi connectivity index (χ3n) is 3.94. The lowest BCUT2D eigenvalue weighted by Crippen LogP contribution is -2.05. The smallest absolute Gasteiger partial charge is 0.110 e. The summed E-state index contributed by atoms with van der Waals surface area (Å²) in [6, 6.07) is 17.3. The first-order valence-electron chi connectivity index (χ1n) is 6.87. The quantitative estimate of drug-likeness (QED) is 0.673. The van der Waals surface area contributed by atoms with Gasteiger partial charge >= 0.3 is 0 Å². The molecule has 0 N–H and O–H groups in total. The molecule has 4 rings (SSSR count). The van der Waals surface area contributed by atoms with Crippen LogP contribution in [0, 0.1) is 0 Å². The van der Waals surface area contributed by atoms with Crippen molar-refractivity contribution < 1.29 is 0 Å². The first kappa shape index (κ1) is 11.4. The molecule has 2 heteroatoms. The Balaban J connectivity index is 2.09. The summed E-state index contributed by atoms with van der Waals surface area (Å²) >= 11 is 0. The van der Waals surface area contributed by atoms with Gasteiger partial charge in [-0.05, 0) is 34.2 Å². The zero-order chi connectivity index (χ0) is 13.4. The average Bonchev–Trinajstić information content (AvgIpc) is 2.47. The minimum Gasteiger partial charge on any atom is -0.265 e. The van der Waals surface area contributed by atoms with Crippen LogP contribution in [0.15, 0.2) is 64.6 Å². The molecular formula is C18H14N2. The third-order valence-corrected chi connectivity index (χ3v) is 3.94. The van der Waals surface area contributed by atoms with Crippen LogP contribution in [0.5, 0.6) is 0 Å². The summed E-state index contributed by atoms with van der Waals surface area (Å²) < 4.78 is 0. The van der Waals surface area contributed by atoms with E-state index in [0.29, 0.717) is 0 Å². The van der Waals surface area contributed by atoms with E-state index >= 15 is 0 Å². The van der Waals surface area contributed by atoms with Gasteiger partial charge < -0.3 is 0 Å². The molecule has 96 valence electrons. The summed E-state index contributed by atoms with van der Waals surface area (Å²) in [7, 11) is 0. The van der Waals surface area contributed by atoms with Gasteiger partial charge in [-0.2, -0.15) is 0 Å². The highest BCUT2D eigenvalue weighted by Gasteiger charge is 2.20. The molecule has 0 spiro atoms. The van der Waals surface area contributed by atoms with Gasteiger partial charge in [0.1, 0.15) is 6.34 Å². The molecule has 1 aliphatic carbocycles. The second-order valence-electron chi connectivity index (χ2n) is 5.09. The Labute approximate surface area is 118 Å². The highest BCUT2D eigenvalue weighted by Crippen LogP contribution is 2.39. The predicted octanol–water partition coefficient (Wildman–Crippen LogP) is 4.29. The maximum atomic E-state index is 4.59. The van der Waals surface area contributed by atoms with Gasteiger partial charge in [0.2, 0.25) is 0 Å². The van der Waals surface area contributed by atoms with Crippen molar-refractivity contribution in [3.63, 3.8) is 0 Å². The van der Waals surface area contributed by atoms with E-state index in [-0.39, 0.29) is 6.04 Å². The summed E-state index contributed by atoms with van der Waals surface area (Å²) in [5, 5.41) is 0. The molecule has 2 aromatic rings. The van der Waals surface area contributed by atoms with Crippen molar-refractivity contribution in [2.75, 3.05) is 0 Å². The zero-order valence-corrected chi connectivity index (χ0v) is 11.0. The molecule has 1 atom stereocenters. The van der Waals surface area contributed by atoms with Gasteiger partial charge in [-0.1, -0.05) is 54.6 Å². The Morgan fingerprint density at radius 3 is 2.50 bits per heavy atom. The number of fused-ring (bicyclic) bond motifs is 7. The van der Waals surface area contributed by atoms with E-state index in [1.807, 2.05) is 6.21 Å². The SMILES string of the molecule is C1=NC=NC2CC=C1c1ccccc1-c1ccccc12. The van der Waals surface area contributed by atoms with E-state index < -0.39 is 0 Å². The van der Waals surface area contributed by atoms with E-state index in [2.05, 4.69) is 64.6 Å². The van der Waals surface area contributed by atoms with Crippen LogP contribution in [0.3, 0.4) is 0 Å². The van der Waals surface area contributed by atoms with Crippen LogP contribution in [0.1, 0.15) is 23.6 Å². The van der Waals surface area contributed by atoms with Crippen LogP contribution in [0.25, 0.3) is 16.7 Å². The molecule has 1 heterocycles. The highest BCUT2D eigenvalue weighted by atomic mass is 14.9. The van der Waals surface area contributed by atoms with Gasteiger partial charge in [-0.25, -0.2) is 4.99 Å². The van der Waals surface area contributed by atoms with Crippen molar-refractivity contribution in [2.45, 2.75) is 12.5 Å². The molecule has 0 radical (unpaired) electrons. The van der Waals surface area contributed by atoms with Crippen molar-refractivity contribution in [2.24, 2.45) is 9.98 Å². The fourth-order valence-corrected chi connectivity index (χ4v) is 2.97. The number of hydrogen-bond acceptors (Lipinski definition) is 2. The minimum absolute atomic E-state index is 0.159. The largest absolute Gasteiger partial charge is 0.265 e. The van der Waals surface area contributed by atoms with Crippen LogP contribution in [0.4, 0.5) is 0 Å². The lowest BCUT2D eigenvalue weighted by atomic mass is 9.85. The van der Waals surface area contributed by atoms with Crippen molar-refractivity contribution in [3.8, 4) is 11.1 Å². The van der Waals surface area contributed by atoms with E-state index in [1.54, 1.807) is 6.34 Å². The second kappa shape index (κ2) is 4.57. The average molecular weight is 258 g/mol. The molecular weight excluding hydrogens is 244 g/mol. The highest BCUT2D eigenvalue weighted by molar-refractivity contribution is 6.14. The third kappa shape index (κ3) is 1.73. The monoisotopic (exact) mass is 258 g/mol. The molecule has 2 nitrogen and oxygen atoms in total. The standard InChI is InChI=1S/C18H14N2/c1-2-6-15-14(5-1)13-9-10-18(20-12-19-11-13)17-8-4-3-7-16(15)17/h1-9,11-12,18H,10H2. The summed E-state index contributed by atoms with van der Waals surface area (Å²) in [4.78, 5) is 8.89. The maximum absolute atomic E-state index is 4.59. The van der Waals surface area contributed by atoms with Crippen LogP contribution in [-0.2, 0) is 0 Å². The first-order valence-corrected chi connectivity index (χ1v) is 6.87. The van der Waals surface area contributed by atoms with Crippen molar-refractivity contribution >= 4 is 18.1 Å². The molecule has 2 aromatic carbocycles. The number of allylic oxidation sites excluding steroid dienone is 1. The fraction of sp³-hybridized carbons (Fsp3) is 0.111. The number of aliphatic imine (C=N–C) groups is 2. The van der Waals surface area contributed by atoms with Gasteiger partial charge in [0, 0.05) is 6.21 Å². The van der Waals surface area contributed by atoms with Crippen molar-refractivity contribution in [1.82, 2.24) is 0 Å². The van der Waals surface area contributed by atoms with Gasteiger partial charge in [0.15, 0.2) is 0 Å². The summed E-state index contributed by atoms with van der Waals surface area (Å²) in [5.74, 6) is 0. The second-order valence-corrected chi connectivity index (χ2v) is 5.09. The van der Waals surface area contributed by atoms with Crippen molar-refractivity contribution in [3.05, 3.63) is 65.7 Å². The van der Waals surface area contributed by atoms with Gasteiger partial charge in [-0.3, -0.25) is 4.99 Å². The number of nitrogens with zero attached hydrogens (tertiary/aromatic N) is 2. The van der Waals surface area contributed by atoms with Gasteiger partial charge in [-0.15, -0.1) is 0 Å². The molecule has 0 saturated heterocycles. The molecule has 0 saturated carbocycles. The van der Waals surface area contributed by atoms with Crippen LogP contribution >= 0.6 is 0 Å². The number of benzene rings is 2. The van der Waals surface area contributed by atoms with Gasteiger partial charge in [0.05, 0.1) is 6.04 Å². The van der Waals surface area contributed by atoms with E-state index in [9.17, 15) is 0 Å². The number of hydrogen-bond donors (Lipinski definition) is 0. The molecule has 0 fully saturated rings. The van der Waals surface area contributed by atoms with Crippen LogP contribution < -0.4 is 0 Å². The summed E-state index contributed by atoms with van der Waals surface area (Å²) in [5.41, 5.74) is 6.26. The van der Waals surface area contributed by atoms with E-state index in [1.165, 1.54) is 27.8 Å². The van der Waals surface area contributed by atoms with Crippen LogP contribution in [-0.4, -0.2) is 12.6 Å². The summed E-state index contributed by atoms with van der Waals surface area (Å²) in [6.07, 6.45) is 6.76. The van der Waals surface area contributed by atoms with Gasteiger partial charge in [0.25, 0.3) is 0 Å². The number of rotatable bonds is 0. The first-order chi connectivity index (χ1) is 9.93. The molecule has 0 amide bonds. The Bertz CT molecular complexity index is 754. The maximum Gasteiger partial charge on any atom is 0.110 e. The molecule has 0 aromatic heterocycles. The van der Waals surface area contributed by atoms with E-state index in [4.69, 9.17) is 0 Å². The molecule has 1 aliphatic heterocycles. The zero-order valence-electron chi connectivity index (χ0n) is 11.0. The van der Waals surface area contributed by atoms with Crippen molar-refractivity contribution in [1.29, 1.82) is 0 Å². The normalized spacial score (nSPS) is 19.2. The Kier molecular flexibility index (Phi) is 2.59. The lowest BCUT2D eigenvalue weighted by Gasteiger charge is -2.22. The summed E-state index contributed by atoms with van der Waals surface area (Å²) in [6.45, 7) is 0. The lowest BCUT2D eigenvalue weighted by molar-refractivity contribution is 0.747.